The van der Waals surface area contributed by atoms with E-state index in [1.807, 2.05) is 0 Å². The van der Waals surface area contributed by atoms with Crippen LogP contribution in [0.3, 0.4) is 0 Å². The van der Waals surface area contributed by atoms with Gasteiger partial charge in [-0.2, -0.15) is 0 Å². The fraction of sp³-hybridized carbons (Fsp3) is 0.318. The Hall–Kier alpha value is -3.46. The second-order valence-corrected chi connectivity index (χ2v) is 6.64. The zero-order valence-corrected chi connectivity index (χ0v) is 17.5. The molecule has 0 saturated carbocycles. The summed E-state index contributed by atoms with van der Waals surface area (Å²) in [5, 5.41) is 5.14. The summed E-state index contributed by atoms with van der Waals surface area (Å²) < 4.78 is 23.5. The van der Waals surface area contributed by atoms with Gasteiger partial charge >= 0.3 is 0 Å². The number of carbonyl (C=O) groups excluding carboxylic acids is 3. The summed E-state index contributed by atoms with van der Waals surface area (Å²) >= 11 is 0. The van der Waals surface area contributed by atoms with Gasteiger partial charge in [0, 0.05) is 31.5 Å². The van der Waals surface area contributed by atoms with E-state index >= 15 is 0 Å². The Labute approximate surface area is 180 Å². The van der Waals surface area contributed by atoms with Crippen molar-refractivity contribution in [1.29, 1.82) is 0 Å². The zero-order valence-electron chi connectivity index (χ0n) is 17.5. The lowest BCUT2D eigenvalue weighted by atomic mass is 10.2. The molecule has 166 valence electrons. The predicted molar refractivity (Wildman–Crippen MR) is 113 cm³/mol. The summed E-state index contributed by atoms with van der Waals surface area (Å²) in [6.07, 6.45) is 0.503. The number of halogens is 1. The third-order valence-corrected chi connectivity index (χ3v) is 4.29. The van der Waals surface area contributed by atoms with Crippen LogP contribution in [0, 0.1) is 5.82 Å². The lowest BCUT2D eigenvalue weighted by molar-refractivity contribution is -0.124. The van der Waals surface area contributed by atoms with Crippen LogP contribution in [0.5, 0.6) is 5.75 Å². The molecule has 0 saturated heterocycles. The minimum atomic E-state index is -0.539. The molecule has 0 aromatic heterocycles. The summed E-state index contributed by atoms with van der Waals surface area (Å²) in [5.74, 6) is -1.29. The molecule has 0 aliphatic carbocycles. The Morgan fingerprint density at radius 2 is 1.77 bits per heavy atom. The van der Waals surface area contributed by atoms with Gasteiger partial charge in [0.15, 0.2) is 0 Å². The minimum absolute atomic E-state index is 0.141. The molecule has 2 aromatic carbocycles. The van der Waals surface area contributed by atoms with E-state index in [4.69, 9.17) is 9.47 Å². The number of amides is 3. The van der Waals surface area contributed by atoms with Crippen molar-refractivity contribution in [2.24, 2.45) is 0 Å². The number of hydrogen-bond donors (Lipinski definition) is 2. The average molecular weight is 431 g/mol. The van der Waals surface area contributed by atoms with Crippen LogP contribution in [0.25, 0.3) is 0 Å². The van der Waals surface area contributed by atoms with Gasteiger partial charge in [0.05, 0.1) is 20.2 Å². The van der Waals surface area contributed by atoms with Crippen LogP contribution in [0.2, 0.25) is 0 Å². The van der Waals surface area contributed by atoms with E-state index in [9.17, 15) is 18.8 Å². The minimum Gasteiger partial charge on any atom is -0.497 e. The van der Waals surface area contributed by atoms with Gasteiger partial charge in [-0.3, -0.25) is 14.4 Å². The van der Waals surface area contributed by atoms with Gasteiger partial charge in [-0.25, -0.2) is 4.39 Å². The van der Waals surface area contributed by atoms with Gasteiger partial charge in [0.1, 0.15) is 11.6 Å². The number of anilines is 1. The maximum atomic E-state index is 13.5. The van der Waals surface area contributed by atoms with Crippen molar-refractivity contribution in [1.82, 2.24) is 10.2 Å². The fourth-order valence-corrected chi connectivity index (χ4v) is 2.74. The predicted octanol–water partition coefficient (Wildman–Crippen LogP) is 2.07. The molecule has 0 spiro atoms. The standard InChI is InChI=1S/C22H26FN3O5/c1-30-12-4-11-26(22(29)16-5-3-6-17(23)13-16)15-21(28)24-14-20(27)25-18-7-9-19(31-2)10-8-18/h3,5-10,13H,4,11-12,14-15H2,1-2H3,(H,24,28)(H,25,27). The lowest BCUT2D eigenvalue weighted by Crippen LogP contribution is -2.43. The highest BCUT2D eigenvalue weighted by Gasteiger charge is 2.19. The largest absolute Gasteiger partial charge is 0.497 e. The van der Waals surface area contributed by atoms with Crippen LogP contribution in [-0.4, -0.2) is 63.1 Å². The van der Waals surface area contributed by atoms with Gasteiger partial charge in [-0.15, -0.1) is 0 Å². The van der Waals surface area contributed by atoms with Crippen LogP contribution >= 0.6 is 0 Å². The molecule has 8 nitrogen and oxygen atoms in total. The molecule has 9 heteroatoms. The number of carbonyl (C=O) groups is 3. The Morgan fingerprint density at radius 3 is 2.42 bits per heavy atom. The smallest absolute Gasteiger partial charge is 0.254 e. The number of rotatable bonds is 11. The highest BCUT2D eigenvalue weighted by molar-refractivity contribution is 5.98. The van der Waals surface area contributed by atoms with Crippen molar-refractivity contribution in [3.05, 3.63) is 59.9 Å². The Bertz CT molecular complexity index is 889. The molecule has 3 amide bonds. The van der Waals surface area contributed by atoms with E-state index in [0.29, 0.717) is 24.5 Å². The molecule has 2 rings (SSSR count). The molecular formula is C22H26FN3O5. The average Bonchev–Trinajstić information content (AvgIpc) is 2.77. The second kappa shape index (κ2) is 12.3. The highest BCUT2D eigenvalue weighted by atomic mass is 19.1. The van der Waals surface area contributed by atoms with Crippen molar-refractivity contribution >= 4 is 23.4 Å². The summed E-state index contributed by atoms with van der Waals surface area (Å²) in [6, 6.07) is 12.0. The lowest BCUT2D eigenvalue weighted by Gasteiger charge is -2.22. The van der Waals surface area contributed by atoms with Crippen molar-refractivity contribution < 1.29 is 28.2 Å². The quantitative estimate of drug-likeness (QED) is 0.531. The third kappa shape index (κ3) is 8.06. The van der Waals surface area contributed by atoms with Gasteiger partial charge < -0.3 is 25.0 Å². The number of benzene rings is 2. The second-order valence-electron chi connectivity index (χ2n) is 6.64. The maximum absolute atomic E-state index is 13.5. The van der Waals surface area contributed by atoms with Gasteiger partial charge in [-0.05, 0) is 48.9 Å². The topological polar surface area (TPSA) is 97.0 Å². The fourth-order valence-electron chi connectivity index (χ4n) is 2.74. The Morgan fingerprint density at radius 1 is 1.03 bits per heavy atom. The monoisotopic (exact) mass is 431 g/mol. The summed E-state index contributed by atoms with van der Waals surface area (Å²) in [7, 11) is 3.08. The Balaban J connectivity index is 1.90. The highest BCUT2D eigenvalue weighted by Crippen LogP contribution is 2.14. The number of ether oxygens (including phenoxy) is 2. The molecule has 0 atom stereocenters. The third-order valence-electron chi connectivity index (χ3n) is 4.29. The van der Waals surface area contributed by atoms with Crippen LogP contribution < -0.4 is 15.4 Å². The van der Waals surface area contributed by atoms with E-state index < -0.39 is 23.5 Å². The maximum Gasteiger partial charge on any atom is 0.254 e. The molecule has 0 radical (unpaired) electrons. The van der Waals surface area contributed by atoms with Crippen molar-refractivity contribution in [2.45, 2.75) is 6.42 Å². The van der Waals surface area contributed by atoms with E-state index in [1.54, 1.807) is 31.4 Å². The molecule has 0 heterocycles. The summed E-state index contributed by atoms with van der Waals surface area (Å²) in [4.78, 5) is 38.4. The zero-order chi connectivity index (χ0) is 22.6. The SMILES string of the molecule is COCCCN(CC(=O)NCC(=O)Nc1ccc(OC)cc1)C(=O)c1cccc(F)c1. The van der Waals surface area contributed by atoms with E-state index in [2.05, 4.69) is 10.6 Å². The van der Waals surface area contributed by atoms with Crippen molar-refractivity contribution in [2.75, 3.05) is 45.8 Å². The first-order valence-electron chi connectivity index (χ1n) is 9.67. The molecule has 0 fully saturated rings. The number of methoxy groups -OCH3 is 2. The molecule has 0 aliphatic heterocycles. The molecule has 2 aromatic rings. The number of nitrogens with one attached hydrogen (secondary N) is 2. The van der Waals surface area contributed by atoms with Gasteiger partial charge in [0.25, 0.3) is 5.91 Å². The molecular weight excluding hydrogens is 405 g/mol. The number of nitrogens with zero attached hydrogens (tertiary/aromatic N) is 1. The normalized spacial score (nSPS) is 10.3. The van der Waals surface area contributed by atoms with Crippen LogP contribution in [0.1, 0.15) is 16.8 Å². The molecule has 0 aliphatic rings. The van der Waals surface area contributed by atoms with Crippen LogP contribution in [0.4, 0.5) is 10.1 Å². The first-order valence-corrected chi connectivity index (χ1v) is 9.67. The van der Waals surface area contributed by atoms with E-state index in [0.717, 1.165) is 6.07 Å². The van der Waals surface area contributed by atoms with Crippen molar-refractivity contribution in [3.8, 4) is 5.75 Å². The van der Waals surface area contributed by atoms with Crippen LogP contribution in [-0.2, 0) is 14.3 Å². The van der Waals surface area contributed by atoms with Gasteiger partial charge in [0.2, 0.25) is 11.8 Å². The van der Waals surface area contributed by atoms with E-state index in [-0.39, 0.29) is 25.2 Å². The molecule has 31 heavy (non-hydrogen) atoms. The van der Waals surface area contributed by atoms with Crippen molar-refractivity contribution in [3.63, 3.8) is 0 Å². The first-order chi connectivity index (χ1) is 14.9. The summed E-state index contributed by atoms with van der Waals surface area (Å²) in [6.45, 7) is 0.118. The molecule has 0 unspecified atom stereocenters. The molecule has 2 N–H and O–H groups in total. The number of hydrogen-bond acceptors (Lipinski definition) is 5. The van der Waals surface area contributed by atoms with Gasteiger partial charge in [-0.1, -0.05) is 6.07 Å². The van der Waals surface area contributed by atoms with E-state index in [1.165, 1.54) is 30.2 Å². The molecule has 0 bridgehead atoms. The summed E-state index contributed by atoms with van der Waals surface area (Å²) in [5.41, 5.74) is 0.699. The van der Waals surface area contributed by atoms with Crippen LogP contribution in [0.15, 0.2) is 48.5 Å². The Kier molecular flexibility index (Phi) is 9.44. The first kappa shape index (κ1) is 23.8.